The third-order valence-corrected chi connectivity index (χ3v) is 5.99. The van der Waals surface area contributed by atoms with Crippen LogP contribution in [-0.4, -0.2) is 10.9 Å². The molecule has 1 aromatic carbocycles. The summed E-state index contributed by atoms with van der Waals surface area (Å²) in [5.74, 6) is -0.221. The van der Waals surface area contributed by atoms with Crippen LogP contribution in [0.1, 0.15) is 32.9 Å². The van der Waals surface area contributed by atoms with Gasteiger partial charge in [-0.25, -0.2) is 4.98 Å². The summed E-state index contributed by atoms with van der Waals surface area (Å²) in [5, 5.41) is 4.41. The lowest BCUT2D eigenvalue weighted by Gasteiger charge is -2.08. The highest BCUT2D eigenvalue weighted by Crippen LogP contribution is 2.36. The van der Waals surface area contributed by atoms with E-state index >= 15 is 0 Å². The first-order valence-corrected chi connectivity index (χ1v) is 9.01. The molecule has 0 unspecified atom stereocenters. The number of nitrogens with one attached hydrogen (secondary N) is 1. The monoisotopic (exact) mass is 357 g/mol. The minimum atomic E-state index is -0.221. The van der Waals surface area contributed by atoms with E-state index in [2.05, 4.69) is 11.4 Å². The number of carbonyl (C=O) groups is 1. The number of aromatic nitrogens is 1. The fourth-order valence-electron chi connectivity index (χ4n) is 3.09. The molecule has 2 heterocycles. The summed E-state index contributed by atoms with van der Waals surface area (Å²) >= 11 is 7.46. The Labute approximate surface area is 148 Å². The van der Waals surface area contributed by atoms with Gasteiger partial charge in [0.25, 0.3) is 5.91 Å². The average Bonchev–Trinajstić information content (AvgIpc) is 3.14. The topological polar surface area (TPSA) is 68.0 Å². The molecule has 0 radical (unpaired) electrons. The van der Waals surface area contributed by atoms with E-state index in [4.69, 9.17) is 22.3 Å². The van der Waals surface area contributed by atoms with E-state index in [9.17, 15) is 4.79 Å². The van der Waals surface area contributed by atoms with Gasteiger partial charge < -0.3 is 11.1 Å². The van der Waals surface area contributed by atoms with Gasteiger partial charge in [-0.1, -0.05) is 17.7 Å². The van der Waals surface area contributed by atoms with Gasteiger partial charge in [-0.15, -0.1) is 11.3 Å². The quantitative estimate of drug-likeness (QED) is 0.705. The standard InChI is InChI=1S/C18H16ClN3OS/c1-9-12(19)5-3-6-13(9)21-17(23)16-15(20)11-8-10-4-2-7-14(10)22-18(11)24-16/h3,5-6,8H,2,4,7,20H2,1H3,(H,21,23). The minimum absolute atomic E-state index is 0.221. The Morgan fingerprint density at radius 3 is 3.04 bits per heavy atom. The molecule has 0 fully saturated rings. The number of halogens is 1. The number of anilines is 2. The first kappa shape index (κ1) is 15.4. The Balaban J connectivity index is 1.72. The first-order valence-electron chi connectivity index (χ1n) is 7.82. The van der Waals surface area contributed by atoms with Crippen molar-refractivity contribution in [3.8, 4) is 0 Å². The van der Waals surface area contributed by atoms with Crippen molar-refractivity contribution >= 4 is 50.4 Å². The first-order chi connectivity index (χ1) is 11.5. The number of fused-ring (bicyclic) bond motifs is 2. The second kappa shape index (κ2) is 5.76. The maximum Gasteiger partial charge on any atom is 0.267 e. The molecule has 0 spiro atoms. The summed E-state index contributed by atoms with van der Waals surface area (Å²) in [6.07, 6.45) is 3.18. The third-order valence-electron chi connectivity index (χ3n) is 4.47. The molecule has 6 heteroatoms. The van der Waals surface area contributed by atoms with Gasteiger partial charge >= 0.3 is 0 Å². The molecule has 3 aromatic rings. The lowest BCUT2D eigenvalue weighted by atomic mass is 10.1. The Hall–Kier alpha value is -2.11. The van der Waals surface area contributed by atoms with E-state index in [1.807, 2.05) is 19.1 Å². The zero-order chi connectivity index (χ0) is 16.8. The van der Waals surface area contributed by atoms with Crippen LogP contribution in [0.2, 0.25) is 5.02 Å². The molecule has 122 valence electrons. The van der Waals surface area contributed by atoms with Crippen molar-refractivity contribution < 1.29 is 4.79 Å². The van der Waals surface area contributed by atoms with E-state index in [1.165, 1.54) is 16.9 Å². The second-order valence-corrected chi connectivity index (χ2v) is 7.42. The normalized spacial score (nSPS) is 13.2. The van der Waals surface area contributed by atoms with Gasteiger partial charge in [0, 0.05) is 21.8 Å². The maximum absolute atomic E-state index is 12.7. The number of amides is 1. The average molecular weight is 358 g/mol. The predicted molar refractivity (Wildman–Crippen MR) is 100 cm³/mol. The van der Waals surface area contributed by atoms with Gasteiger partial charge in [-0.3, -0.25) is 4.79 Å². The van der Waals surface area contributed by atoms with Crippen LogP contribution in [0.5, 0.6) is 0 Å². The Bertz CT molecular complexity index is 980. The summed E-state index contributed by atoms with van der Waals surface area (Å²) < 4.78 is 0. The Morgan fingerprint density at radius 1 is 1.38 bits per heavy atom. The number of nitrogen functional groups attached to an aromatic ring is 1. The van der Waals surface area contributed by atoms with Gasteiger partial charge in [0.15, 0.2) is 0 Å². The second-order valence-electron chi connectivity index (χ2n) is 6.01. The van der Waals surface area contributed by atoms with E-state index in [0.717, 1.165) is 40.7 Å². The molecule has 0 saturated carbocycles. The van der Waals surface area contributed by atoms with Crippen molar-refractivity contribution in [2.45, 2.75) is 26.2 Å². The lowest BCUT2D eigenvalue weighted by molar-refractivity contribution is 0.103. The molecule has 4 nitrogen and oxygen atoms in total. The molecule has 24 heavy (non-hydrogen) atoms. The molecule has 1 aliphatic carbocycles. The predicted octanol–water partition coefficient (Wildman–Crippen LogP) is 4.58. The molecular weight excluding hydrogens is 342 g/mol. The SMILES string of the molecule is Cc1c(Cl)cccc1NC(=O)c1sc2nc3c(cc2c1N)CCC3. The van der Waals surface area contributed by atoms with Crippen LogP contribution in [0.15, 0.2) is 24.3 Å². The van der Waals surface area contributed by atoms with Crippen LogP contribution < -0.4 is 11.1 Å². The number of nitrogens with two attached hydrogens (primary N) is 1. The number of rotatable bonds is 2. The van der Waals surface area contributed by atoms with Crippen LogP contribution in [0.25, 0.3) is 10.2 Å². The van der Waals surface area contributed by atoms with Crippen molar-refractivity contribution in [3.63, 3.8) is 0 Å². The number of thiophene rings is 1. The van der Waals surface area contributed by atoms with Gasteiger partial charge in [0.2, 0.25) is 0 Å². The molecule has 0 bridgehead atoms. The fraction of sp³-hybridized carbons (Fsp3) is 0.222. The highest BCUT2D eigenvalue weighted by Gasteiger charge is 2.21. The third kappa shape index (κ3) is 2.44. The van der Waals surface area contributed by atoms with Crippen molar-refractivity contribution in [1.29, 1.82) is 0 Å². The van der Waals surface area contributed by atoms with Gasteiger partial charge in [0.1, 0.15) is 9.71 Å². The van der Waals surface area contributed by atoms with Gasteiger partial charge in [-0.2, -0.15) is 0 Å². The van der Waals surface area contributed by atoms with Crippen LogP contribution in [0.3, 0.4) is 0 Å². The van der Waals surface area contributed by atoms with E-state index in [-0.39, 0.29) is 5.91 Å². The van der Waals surface area contributed by atoms with E-state index in [0.29, 0.717) is 21.3 Å². The highest BCUT2D eigenvalue weighted by molar-refractivity contribution is 7.21. The molecular formula is C18H16ClN3OS. The number of benzene rings is 1. The number of aryl methyl sites for hydroxylation is 2. The molecule has 1 amide bonds. The Kier molecular flexibility index (Phi) is 3.70. The zero-order valence-corrected chi connectivity index (χ0v) is 14.7. The summed E-state index contributed by atoms with van der Waals surface area (Å²) in [6.45, 7) is 1.87. The summed E-state index contributed by atoms with van der Waals surface area (Å²) in [6, 6.07) is 7.53. The maximum atomic E-state index is 12.7. The smallest absolute Gasteiger partial charge is 0.267 e. The summed E-state index contributed by atoms with van der Waals surface area (Å²) in [7, 11) is 0. The van der Waals surface area contributed by atoms with Gasteiger partial charge in [-0.05, 0) is 55.5 Å². The number of nitrogens with zero attached hydrogens (tertiary/aromatic N) is 1. The van der Waals surface area contributed by atoms with Crippen LogP contribution in [0, 0.1) is 6.92 Å². The van der Waals surface area contributed by atoms with Gasteiger partial charge in [0.05, 0.1) is 5.69 Å². The largest absolute Gasteiger partial charge is 0.397 e. The number of hydrogen-bond acceptors (Lipinski definition) is 4. The van der Waals surface area contributed by atoms with E-state index < -0.39 is 0 Å². The molecule has 0 saturated heterocycles. The van der Waals surface area contributed by atoms with Crippen molar-refractivity contribution in [1.82, 2.24) is 4.98 Å². The lowest BCUT2D eigenvalue weighted by Crippen LogP contribution is -2.12. The van der Waals surface area contributed by atoms with Crippen LogP contribution >= 0.6 is 22.9 Å². The molecule has 0 atom stereocenters. The number of pyridine rings is 1. The Morgan fingerprint density at radius 2 is 2.21 bits per heavy atom. The number of hydrogen-bond donors (Lipinski definition) is 2. The molecule has 0 aliphatic heterocycles. The number of carbonyl (C=O) groups excluding carboxylic acids is 1. The fourth-order valence-corrected chi connectivity index (χ4v) is 4.25. The van der Waals surface area contributed by atoms with Crippen molar-refractivity contribution in [3.05, 3.63) is 51.0 Å². The summed E-state index contributed by atoms with van der Waals surface area (Å²) in [5.41, 5.74) is 10.7. The van der Waals surface area contributed by atoms with Crippen molar-refractivity contribution in [2.75, 3.05) is 11.1 Å². The molecule has 3 N–H and O–H groups in total. The minimum Gasteiger partial charge on any atom is -0.397 e. The van der Waals surface area contributed by atoms with Crippen molar-refractivity contribution in [2.24, 2.45) is 0 Å². The zero-order valence-electron chi connectivity index (χ0n) is 13.1. The summed E-state index contributed by atoms with van der Waals surface area (Å²) in [4.78, 5) is 18.7. The van der Waals surface area contributed by atoms with E-state index in [1.54, 1.807) is 6.07 Å². The molecule has 2 aromatic heterocycles. The highest BCUT2D eigenvalue weighted by atomic mass is 35.5. The molecule has 4 rings (SSSR count). The molecule has 1 aliphatic rings. The van der Waals surface area contributed by atoms with Crippen LogP contribution in [0.4, 0.5) is 11.4 Å². The van der Waals surface area contributed by atoms with Crippen LogP contribution in [-0.2, 0) is 12.8 Å².